The zero-order chi connectivity index (χ0) is 23.7. The molecule has 5 rings (SSSR count). The summed E-state index contributed by atoms with van der Waals surface area (Å²) in [7, 11) is 1.56. The molecule has 1 fully saturated rings. The van der Waals surface area contributed by atoms with Crippen molar-refractivity contribution in [3.63, 3.8) is 0 Å². The van der Waals surface area contributed by atoms with Crippen molar-refractivity contribution in [1.82, 2.24) is 25.4 Å². The van der Waals surface area contributed by atoms with Gasteiger partial charge in [0.1, 0.15) is 23.2 Å². The minimum atomic E-state index is -0.722. The molecule has 2 aromatic carbocycles. The van der Waals surface area contributed by atoms with E-state index in [0.717, 1.165) is 25.2 Å². The molecule has 174 valence electrons. The van der Waals surface area contributed by atoms with E-state index in [0.29, 0.717) is 52.5 Å². The summed E-state index contributed by atoms with van der Waals surface area (Å²) in [6.07, 6.45) is 0. The summed E-state index contributed by atoms with van der Waals surface area (Å²) in [5.74, 6) is -0.487. The number of carbonyl (C=O) groups excluding carboxylic acids is 1. The van der Waals surface area contributed by atoms with Crippen LogP contribution in [0.3, 0.4) is 0 Å². The lowest BCUT2D eigenvalue weighted by molar-refractivity contribution is 0.0736. The second-order valence-corrected chi connectivity index (χ2v) is 7.87. The molecule has 0 radical (unpaired) electrons. The van der Waals surface area contributed by atoms with Gasteiger partial charge in [-0.15, -0.1) is 0 Å². The molecule has 34 heavy (non-hydrogen) atoms. The molecule has 0 spiro atoms. The number of carbonyl (C=O) groups is 1. The zero-order valence-corrected chi connectivity index (χ0v) is 18.4. The van der Waals surface area contributed by atoms with Gasteiger partial charge in [0, 0.05) is 48.8 Å². The van der Waals surface area contributed by atoms with Crippen LogP contribution in [0, 0.1) is 11.6 Å². The Balaban J connectivity index is 1.48. The predicted molar refractivity (Wildman–Crippen MR) is 124 cm³/mol. The van der Waals surface area contributed by atoms with E-state index in [4.69, 9.17) is 4.74 Å². The molecule has 2 aromatic heterocycles. The summed E-state index contributed by atoms with van der Waals surface area (Å²) in [4.78, 5) is 19.3. The molecule has 0 saturated carbocycles. The molecule has 1 amide bonds. The van der Waals surface area contributed by atoms with Gasteiger partial charge in [-0.2, -0.15) is 5.10 Å². The fraction of sp³-hybridized carbons (Fsp3) is 0.208. The van der Waals surface area contributed by atoms with Crippen molar-refractivity contribution in [3.05, 3.63) is 65.7 Å². The topological polar surface area (TPSA) is 95.2 Å². The van der Waals surface area contributed by atoms with Gasteiger partial charge >= 0.3 is 0 Å². The quantitative estimate of drug-likeness (QED) is 0.417. The number of aromatic amines is 1. The summed E-state index contributed by atoms with van der Waals surface area (Å²) in [6, 6.07) is 12.0. The van der Waals surface area contributed by atoms with Crippen LogP contribution in [-0.2, 0) is 0 Å². The maximum absolute atomic E-state index is 14.0. The van der Waals surface area contributed by atoms with Crippen molar-refractivity contribution in [2.45, 2.75) is 0 Å². The molecule has 0 bridgehead atoms. The molecule has 3 N–H and O–H groups in total. The first-order chi connectivity index (χ1) is 16.5. The van der Waals surface area contributed by atoms with E-state index in [-0.39, 0.29) is 11.6 Å². The van der Waals surface area contributed by atoms with Crippen molar-refractivity contribution >= 4 is 28.4 Å². The highest BCUT2D eigenvalue weighted by Gasteiger charge is 2.21. The number of fused-ring (bicyclic) bond motifs is 1. The van der Waals surface area contributed by atoms with Gasteiger partial charge in [0.15, 0.2) is 5.65 Å². The number of hydrogen-bond donors (Lipinski definition) is 3. The van der Waals surface area contributed by atoms with E-state index in [1.807, 2.05) is 4.90 Å². The van der Waals surface area contributed by atoms with Crippen LogP contribution in [-0.4, -0.2) is 59.3 Å². The summed E-state index contributed by atoms with van der Waals surface area (Å²) in [5, 5.41) is 14.0. The van der Waals surface area contributed by atoms with E-state index in [1.54, 1.807) is 37.4 Å². The molecule has 3 heterocycles. The summed E-state index contributed by atoms with van der Waals surface area (Å²) in [6.45, 7) is 2.84. The molecule has 0 unspecified atom stereocenters. The Labute approximate surface area is 193 Å². The van der Waals surface area contributed by atoms with Crippen LogP contribution in [0.2, 0.25) is 0 Å². The highest BCUT2D eigenvalue weighted by atomic mass is 19.1. The minimum absolute atomic E-state index is 0.0415. The monoisotopic (exact) mass is 464 g/mol. The van der Waals surface area contributed by atoms with Gasteiger partial charge in [0.05, 0.1) is 18.5 Å². The van der Waals surface area contributed by atoms with Crippen molar-refractivity contribution < 1.29 is 18.3 Å². The van der Waals surface area contributed by atoms with E-state index in [1.165, 1.54) is 6.07 Å². The molecular formula is C24H22F2N6O2. The number of rotatable bonds is 5. The normalized spacial score (nSPS) is 13.8. The highest BCUT2D eigenvalue weighted by Crippen LogP contribution is 2.35. The number of nitrogens with zero attached hydrogens (tertiary/aromatic N) is 3. The van der Waals surface area contributed by atoms with Gasteiger partial charge in [-0.25, -0.2) is 13.8 Å². The Morgan fingerprint density at radius 3 is 2.68 bits per heavy atom. The number of benzene rings is 2. The predicted octanol–water partition coefficient (Wildman–Crippen LogP) is 3.70. The Bertz CT molecular complexity index is 1370. The lowest BCUT2D eigenvalue weighted by atomic mass is 10.0. The fourth-order valence-corrected chi connectivity index (χ4v) is 3.99. The first-order valence-corrected chi connectivity index (χ1v) is 10.8. The number of piperazine rings is 1. The number of pyridine rings is 1. The van der Waals surface area contributed by atoms with Crippen molar-refractivity contribution in [2.75, 3.05) is 38.6 Å². The molecule has 10 heteroatoms. The number of H-pyrrole nitrogens is 1. The summed E-state index contributed by atoms with van der Waals surface area (Å²) in [5.41, 5.74) is 2.37. The Hall–Kier alpha value is -4.05. The molecule has 1 saturated heterocycles. The van der Waals surface area contributed by atoms with Gasteiger partial charge in [0.25, 0.3) is 5.91 Å². The number of anilines is 2. The molecule has 0 aliphatic carbocycles. The van der Waals surface area contributed by atoms with Crippen LogP contribution in [0.25, 0.3) is 22.3 Å². The van der Waals surface area contributed by atoms with Crippen LogP contribution in [0.1, 0.15) is 10.4 Å². The van der Waals surface area contributed by atoms with Crippen molar-refractivity contribution in [1.29, 1.82) is 0 Å². The first-order valence-electron chi connectivity index (χ1n) is 10.8. The number of aromatic nitrogens is 3. The van der Waals surface area contributed by atoms with Gasteiger partial charge in [-0.1, -0.05) is 0 Å². The van der Waals surface area contributed by atoms with Crippen LogP contribution in [0.4, 0.5) is 20.3 Å². The number of methoxy groups -OCH3 is 1. The van der Waals surface area contributed by atoms with Crippen LogP contribution >= 0.6 is 0 Å². The fourth-order valence-electron chi connectivity index (χ4n) is 3.99. The number of ether oxygens (including phenoxy) is 1. The Morgan fingerprint density at radius 1 is 1.09 bits per heavy atom. The Morgan fingerprint density at radius 2 is 1.91 bits per heavy atom. The summed E-state index contributed by atoms with van der Waals surface area (Å²) >= 11 is 0. The van der Waals surface area contributed by atoms with Crippen molar-refractivity contribution in [2.24, 2.45) is 0 Å². The van der Waals surface area contributed by atoms with Gasteiger partial charge in [0.2, 0.25) is 0 Å². The largest absolute Gasteiger partial charge is 0.496 e. The van der Waals surface area contributed by atoms with E-state index in [2.05, 4.69) is 25.8 Å². The first kappa shape index (κ1) is 21.8. The second-order valence-electron chi connectivity index (χ2n) is 7.87. The number of amides is 1. The molecular weight excluding hydrogens is 442 g/mol. The molecule has 1 aliphatic rings. The van der Waals surface area contributed by atoms with Crippen molar-refractivity contribution in [3.8, 4) is 17.0 Å². The average molecular weight is 464 g/mol. The lowest BCUT2D eigenvalue weighted by Gasteiger charge is -2.27. The molecule has 8 nitrogen and oxygen atoms in total. The van der Waals surface area contributed by atoms with E-state index >= 15 is 0 Å². The second kappa shape index (κ2) is 9.06. The summed E-state index contributed by atoms with van der Waals surface area (Å²) < 4.78 is 32.7. The maximum atomic E-state index is 14.0. The maximum Gasteiger partial charge on any atom is 0.253 e. The van der Waals surface area contributed by atoms with Crippen LogP contribution in [0.15, 0.2) is 48.5 Å². The zero-order valence-electron chi connectivity index (χ0n) is 18.4. The smallest absolute Gasteiger partial charge is 0.253 e. The standard InChI is InChI=1S/C24H22F2N6O2/c1-34-20-6-2-14(24(33)32-10-8-27-9-11-32)12-17(20)22-16-4-7-21(29-23(16)31-30-22)28-19-5-3-15(25)13-18(19)26/h2-7,12-13,27H,8-11H2,1H3,(H2,28,29,30,31). The lowest BCUT2D eigenvalue weighted by Crippen LogP contribution is -2.46. The van der Waals surface area contributed by atoms with Crippen LogP contribution in [0.5, 0.6) is 5.75 Å². The molecule has 0 atom stereocenters. The minimum Gasteiger partial charge on any atom is -0.496 e. The number of hydrogen-bond acceptors (Lipinski definition) is 6. The molecule has 1 aliphatic heterocycles. The SMILES string of the molecule is COc1ccc(C(=O)N2CCNCC2)cc1-c1[nH]nc2nc(Nc3ccc(F)cc3F)ccc12. The van der Waals surface area contributed by atoms with Gasteiger partial charge < -0.3 is 20.3 Å². The van der Waals surface area contributed by atoms with E-state index < -0.39 is 11.6 Å². The number of nitrogens with one attached hydrogen (secondary N) is 3. The third kappa shape index (κ3) is 4.15. The Kier molecular flexibility index (Phi) is 5.81. The van der Waals surface area contributed by atoms with Gasteiger partial charge in [-0.05, 0) is 42.5 Å². The third-order valence-corrected chi connectivity index (χ3v) is 5.73. The van der Waals surface area contributed by atoms with E-state index in [9.17, 15) is 13.6 Å². The van der Waals surface area contributed by atoms with Crippen LogP contribution < -0.4 is 15.4 Å². The third-order valence-electron chi connectivity index (χ3n) is 5.73. The average Bonchev–Trinajstić information content (AvgIpc) is 3.28. The number of halogens is 2. The molecule has 4 aromatic rings. The highest BCUT2D eigenvalue weighted by molar-refractivity contribution is 5.99. The van der Waals surface area contributed by atoms with Gasteiger partial charge in [-0.3, -0.25) is 9.89 Å².